The zero-order valence-corrected chi connectivity index (χ0v) is 10.7. The summed E-state index contributed by atoms with van der Waals surface area (Å²) in [6.07, 6.45) is 2.71. The molecule has 2 rings (SSSR count). The van der Waals surface area contributed by atoms with Crippen molar-refractivity contribution < 1.29 is 0 Å². The van der Waals surface area contributed by atoms with Crippen molar-refractivity contribution in [1.82, 2.24) is 5.32 Å². The third-order valence-corrected chi connectivity index (χ3v) is 3.98. The highest BCUT2D eigenvalue weighted by Gasteiger charge is 2.44. The van der Waals surface area contributed by atoms with E-state index in [2.05, 4.69) is 31.3 Å². The number of nitriles is 1. The van der Waals surface area contributed by atoms with Crippen LogP contribution in [0.2, 0.25) is 0 Å². The van der Waals surface area contributed by atoms with Gasteiger partial charge in [-0.3, -0.25) is 0 Å². The Hall–Kier alpha value is -1.33. The van der Waals surface area contributed by atoms with Gasteiger partial charge in [0.05, 0.1) is 11.6 Å². The number of rotatable bonds is 5. The lowest BCUT2D eigenvalue weighted by atomic mass is 9.92. The van der Waals surface area contributed by atoms with E-state index in [-0.39, 0.29) is 0 Å². The molecule has 1 aromatic carbocycles. The Morgan fingerprint density at radius 2 is 2.18 bits per heavy atom. The summed E-state index contributed by atoms with van der Waals surface area (Å²) in [6.45, 7) is 6.58. The molecule has 0 spiro atoms. The second kappa shape index (κ2) is 4.89. The van der Waals surface area contributed by atoms with Crippen LogP contribution in [0.1, 0.15) is 37.8 Å². The normalized spacial score (nSPS) is 16.8. The Morgan fingerprint density at radius 1 is 1.41 bits per heavy atom. The van der Waals surface area contributed by atoms with E-state index in [0.29, 0.717) is 5.41 Å². The molecule has 0 radical (unpaired) electrons. The average Bonchev–Trinajstić information content (AvgIpc) is 3.11. The van der Waals surface area contributed by atoms with Crippen molar-refractivity contribution in [3.05, 3.63) is 35.4 Å². The van der Waals surface area contributed by atoms with Crippen LogP contribution in [0.15, 0.2) is 24.3 Å². The molecule has 1 saturated carbocycles. The highest BCUT2D eigenvalue weighted by molar-refractivity contribution is 5.32. The van der Waals surface area contributed by atoms with Gasteiger partial charge in [-0.1, -0.05) is 26.0 Å². The molecule has 0 unspecified atom stereocenters. The molecule has 0 saturated heterocycles. The number of hydrogen-bond donors (Lipinski definition) is 1. The largest absolute Gasteiger partial charge is 0.312 e. The molecule has 0 aliphatic heterocycles. The second-order valence-corrected chi connectivity index (χ2v) is 5.43. The van der Waals surface area contributed by atoms with Gasteiger partial charge in [0.2, 0.25) is 0 Å². The molecular weight excluding hydrogens is 208 g/mol. The molecule has 1 aliphatic carbocycles. The van der Waals surface area contributed by atoms with E-state index in [4.69, 9.17) is 5.26 Å². The van der Waals surface area contributed by atoms with Crippen molar-refractivity contribution in [2.75, 3.05) is 6.54 Å². The maximum Gasteiger partial charge on any atom is 0.0991 e. The molecule has 1 N–H and O–H groups in total. The van der Waals surface area contributed by atoms with Crippen molar-refractivity contribution in [1.29, 1.82) is 5.26 Å². The summed E-state index contributed by atoms with van der Waals surface area (Å²) in [4.78, 5) is 0. The van der Waals surface area contributed by atoms with E-state index in [1.54, 1.807) is 0 Å². The molecule has 1 aliphatic rings. The third kappa shape index (κ3) is 2.87. The predicted molar refractivity (Wildman–Crippen MR) is 69.4 cm³/mol. The van der Waals surface area contributed by atoms with Crippen molar-refractivity contribution in [2.45, 2.75) is 33.2 Å². The van der Waals surface area contributed by atoms with Gasteiger partial charge in [-0.05, 0) is 41.9 Å². The zero-order chi connectivity index (χ0) is 12.3. The molecular formula is C15H20N2. The summed E-state index contributed by atoms with van der Waals surface area (Å²) in [5.41, 5.74) is 2.49. The van der Waals surface area contributed by atoms with Gasteiger partial charge in [0.1, 0.15) is 0 Å². The topological polar surface area (TPSA) is 35.8 Å². The van der Waals surface area contributed by atoms with Crippen LogP contribution in [0.3, 0.4) is 0 Å². The van der Waals surface area contributed by atoms with Gasteiger partial charge in [-0.15, -0.1) is 0 Å². The second-order valence-electron chi connectivity index (χ2n) is 5.43. The first-order chi connectivity index (χ1) is 8.16. The van der Waals surface area contributed by atoms with Crippen LogP contribution in [0.4, 0.5) is 0 Å². The van der Waals surface area contributed by atoms with E-state index >= 15 is 0 Å². The fraction of sp³-hybridized carbons (Fsp3) is 0.533. The Bertz CT molecular complexity index is 425. The number of nitrogens with one attached hydrogen (secondary N) is 1. The quantitative estimate of drug-likeness (QED) is 0.840. The van der Waals surface area contributed by atoms with Gasteiger partial charge in [0, 0.05) is 13.1 Å². The van der Waals surface area contributed by atoms with Gasteiger partial charge in [-0.25, -0.2) is 0 Å². The van der Waals surface area contributed by atoms with E-state index in [1.165, 1.54) is 18.4 Å². The Morgan fingerprint density at radius 3 is 2.76 bits per heavy atom. The van der Waals surface area contributed by atoms with Gasteiger partial charge >= 0.3 is 0 Å². The standard InChI is InChI=1S/C15H20N2/c1-12(2)15(6-7-15)11-17-10-14-5-3-4-13(8-14)9-16/h3-5,8,12,17H,6-7,10-11H2,1-2H3. The van der Waals surface area contributed by atoms with Crippen LogP contribution in [-0.4, -0.2) is 6.54 Å². The SMILES string of the molecule is CC(C)C1(CNCc2cccc(C#N)c2)CC1. The maximum atomic E-state index is 8.83. The summed E-state index contributed by atoms with van der Waals surface area (Å²) < 4.78 is 0. The lowest BCUT2D eigenvalue weighted by Crippen LogP contribution is -2.27. The van der Waals surface area contributed by atoms with Gasteiger partial charge in [-0.2, -0.15) is 5.26 Å². The summed E-state index contributed by atoms with van der Waals surface area (Å²) in [7, 11) is 0. The Labute approximate surface area is 104 Å². The fourth-order valence-corrected chi connectivity index (χ4v) is 2.33. The molecule has 1 fully saturated rings. The van der Waals surface area contributed by atoms with E-state index < -0.39 is 0 Å². The van der Waals surface area contributed by atoms with Crippen LogP contribution in [0.5, 0.6) is 0 Å². The Kier molecular flexibility index (Phi) is 3.49. The van der Waals surface area contributed by atoms with Gasteiger partial charge in [0.25, 0.3) is 0 Å². The first kappa shape index (κ1) is 12.1. The molecule has 0 atom stereocenters. The highest BCUT2D eigenvalue weighted by atomic mass is 14.9. The minimum absolute atomic E-state index is 0.548. The average molecular weight is 228 g/mol. The van der Waals surface area contributed by atoms with Crippen LogP contribution >= 0.6 is 0 Å². The van der Waals surface area contributed by atoms with Crippen molar-refractivity contribution in [3.8, 4) is 6.07 Å². The summed E-state index contributed by atoms with van der Waals surface area (Å²) in [6, 6.07) is 10.0. The van der Waals surface area contributed by atoms with Crippen LogP contribution in [-0.2, 0) is 6.54 Å². The maximum absolute atomic E-state index is 8.83. The molecule has 0 bridgehead atoms. The molecule has 0 amide bonds. The predicted octanol–water partition coefficient (Wildman–Crippen LogP) is 3.08. The molecule has 90 valence electrons. The lowest BCUT2D eigenvalue weighted by molar-refractivity contribution is 0.338. The van der Waals surface area contributed by atoms with Crippen LogP contribution < -0.4 is 5.32 Å². The first-order valence-corrected chi connectivity index (χ1v) is 6.36. The summed E-state index contributed by atoms with van der Waals surface area (Å²) in [5.74, 6) is 0.764. The monoisotopic (exact) mass is 228 g/mol. The molecule has 2 heteroatoms. The van der Waals surface area contributed by atoms with Crippen molar-refractivity contribution in [2.24, 2.45) is 11.3 Å². The van der Waals surface area contributed by atoms with E-state index in [0.717, 1.165) is 24.6 Å². The van der Waals surface area contributed by atoms with E-state index in [9.17, 15) is 0 Å². The smallest absolute Gasteiger partial charge is 0.0991 e. The third-order valence-electron chi connectivity index (χ3n) is 3.98. The zero-order valence-electron chi connectivity index (χ0n) is 10.7. The summed E-state index contributed by atoms with van der Waals surface area (Å²) in [5, 5.41) is 12.4. The fourth-order valence-electron chi connectivity index (χ4n) is 2.33. The molecule has 0 heterocycles. The minimum Gasteiger partial charge on any atom is -0.312 e. The molecule has 17 heavy (non-hydrogen) atoms. The number of benzene rings is 1. The van der Waals surface area contributed by atoms with Crippen molar-refractivity contribution in [3.63, 3.8) is 0 Å². The lowest BCUT2D eigenvalue weighted by Gasteiger charge is -2.20. The van der Waals surface area contributed by atoms with Crippen LogP contribution in [0, 0.1) is 22.7 Å². The molecule has 1 aromatic rings. The minimum atomic E-state index is 0.548. The van der Waals surface area contributed by atoms with Crippen molar-refractivity contribution >= 4 is 0 Å². The Balaban J connectivity index is 1.84. The summed E-state index contributed by atoms with van der Waals surface area (Å²) >= 11 is 0. The van der Waals surface area contributed by atoms with Crippen LogP contribution in [0.25, 0.3) is 0 Å². The van der Waals surface area contributed by atoms with Gasteiger partial charge < -0.3 is 5.32 Å². The first-order valence-electron chi connectivity index (χ1n) is 6.36. The van der Waals surface area contributed by atoms with Gasteiger partial charge in [0.15, 0.2) is 0 Å². The number of hydrogen-bond acceptors (Lipinski definition) is 2. The number of nitrogens with zero attached hydrogens (tertiary/aromatic N) is 1. The molecule has 2 nitrogen and oxygen atoms in total. The molecule has 0 aromatic heterocycles. The van der Waals surface area contributed by atoms with E-state index in [1.807, 2.05) is 18.2 Å². The highest BCUT2D eigenvalue weighted by Crippen LogP contribution is 2.51.